The van der Waals surface area contributed by atoms with Crippen LogP contribution in [0.3, 0.4) is 0 Å². The normalized spacial score (nSPS) is 21.5. The molecule has 0 heterocycles. The number of hydrogen-bond acceptors (Lipinski definition) is 2. The van der Waals surface area contributed by atoms with Crippen LogP contribution >= 0.6 is 15.9 Å². The first-order chi connectivity index (χ1) is 9.54. The Labute approximate surface area is 127 Å². The number of carbonyl (C=O) groups excluding carboxylic acids is 2. The third-order valence-electron chi connectivity index (χ3n) is 3.56. The van der Waals surface area contributed by atoms with Crippen LogP contribution in [-0.2, 0) is 4.79 Å². The summed E-state index contributed by atoms with van der Waals surface area (Å²) in [6, 6.07) is 7.35. The molecule has 4 nitrogen and oxygen atoms in total. The average Bonchev–Trinajstić information content (AvgIpc) is 2.81. The molecule has 1 aromatic carbocycles. The van der Waals surface area contributed by atoms with Gasteiger partial charge in [-0.25, -0.2) is 0 Å². The highest BCUT2D eigenvalue weighted by Crippen LogP contribution is 2.24. The Kier molecular flexibility index (Phi) is 5.17. The summed E-state index contributed by atoms with van der Waals surface area (Å²) in [6.07, 6.45) is 3.23. The summed E-state index contributed by atoms with van der Waals surface area (Å²) in [5, 5.41) is 5.60. The SMILES string of the molecule is CC1CCC(NC(=O)CNC(=O)c2cccc(Br)c2)C1. The van der Waals surface area contributed by atoms with Crippen molar-refractivity contribution in [3.05, 3.63) is 34.3 Å². The average molecular weight is 339 g/mol. The van der Waals surface area contributed by atoms with Gasteiger partial charge in [0.25, 0.3) is 5.91 Å². The van der Waals surface area contributed by atoms with Gasteiger partial charge in [0.2, 0.25) is 5.91 Å². The molecule has 1 saturated carbocycles. The molecule has 1 aliphatic rings. The van der Waals surface area contributed by atoms with Gasteiger partial charge in [-0.15, -0.1) is 0 Å². The lowest BCUT2D eigenvalue weighted by Gasteiger charge is -2.13. The monoisotopic (exact) mass is 338 g/mol. The Morgan fingerprint density at radius 1 is 1.35 bits per heavy atom. The molecule has 0 saturated heterocycles. The predicted octanol–water partition coefficient (Wildman–Crippen LogP) is 2.48. The van der Waals surface area contributed by atoms with Crippen molar-refractivity contribution in [2.75, 3.05) is 6.54 Å². The summed E-state index contributed by atoms with van der Waals surface area (Å²) in [4.78, 5) is 23.7. The molecular formula is C15H19BrN2O2. The number of hydrogen-bond donors (Lipinski definition) is 2. The van der Waals surface area contributed by atoms with Crippen LogP contribution in [0.4, 0.5) is 0 Å². The Balaban J connectivity index is 1.77. The molecule has 1 aliphatic carbocycles. The lowest BCUT2D eigenvalue weighted by atomic mass is 10.1. The zero-order valence-corrected chi connectivity index (χ0v) is 13.1. The molecule has 2 amide bonds. The van der Waals surface area contributed by atoms with Crippen LogP contribution in [-0.4, -0.2) is 24.4 Å². The second-order valence-electron chi connectivity index (χ2n) is 5.38. The Hall–Kier alpha value is -1.36. The molecule has 2 atom stereocenters. The molecule has 2 rings (SSSR count). The number of benzene rings is 1. The number of amides is 2. The van der Waals surface area contributed by atoms with Crippen molar-refractivity contribution in [3.63, 3.8) is 0 Å². The van der Waals surface area contributed by atoms with E-state index in [1.807, 2.05) is 6.07 Å². The zero-order chi connectivity index (χ0) is 14.5. The van der Waals surface area contributed by atoms with Gasteiger partial charge in [-0.3, -0.25) is 9.59 Å². The molecule has 0 radical (unpaired) electrons. The van der Waals surface area contributed by atoms with Gasteiger partial charge in [0.15, 0.2) is 0 Å². The highest BCUT2D eigenvalue weighted by molar-refractivity contribution is 9.10. The summed E-state index contributed by atoms with van der Waals surface area (Å²) in [5.41, 5.74) is 0.543. The van der Waals surface area contributed by atoms with Gasteiger partial charge in [-0.1, -0.05) is 28.9 Å². The molecule has 2 unspecified atom stereocenters. The Morgan fingerprint density at radius 3 is 2.80 bits per heavy atom. The fourth-order valence-electron chi connectivity index (χ4n) is 2.51. The fourth-order valence-corrected chi connectivity index (χ4v) is 2.91. The van der Waals surface area contributed by atoms with Crippen molar-refractivity contribution in [1.29, 1.82) is 0 Å². The van der Waals surface area contributed by atoms with E-state index in [1.54, 1.807) is 18.2 Å². The van der Waals surface area contributed by atoms with E-state index in [-0.39, 0.29) is 24.4 Å². The standard InChI is InChI=1S/C15H19BrN2O2/c1-10-5-6-13(7-10)18-14(19)9-17-15(20)11-3-2-4-12(16)8-11/h2-4,8,10,13H,5-7,9H2,1H3,(H,17,20)(H,18,19). The van der Waals surface area contributed by atoms with Gasteiger partial charge < -0.3 is 10.6 Å². The fraction of sp³-hybridized carbons (Fsp3) is 0.467. The predicted molar refractivity (Wildman–Crippen MR) is 81.4 cm³/mol. The van der Waals surface area contributed by atoms with Crippen molar-refractivity contribution in [1.82, 2.24) is 10.6 Å². The van der Waals surface area contributed by atoms with Gasteiger partial charge in [0.05, 0.1) is 6.54 Å². The maximum absolute atomic E-state index is 11.9. The van der Waals surface area contributed by atoms with Crippen LogP contribution in [0.25, 0.3) is 0 Å². The topological polar surface area (TPSA) is 58.2 Å². The van der Waals surface area contributed by atoms with Gasteiger partial charge >= 0.3 is 0 Å². The van der Waals surface area contributed by atoms with E-state index < -0.39 is 0 Å². The summed E-state index contributed by atoms with van der Waals surface area (Å²) < 4.78 is 0.842. The van der Waals surface area contributed by atoms with E-state index in [2.05, 4.69) is 33.5 Å². The summed E-state index contributed by atoms with van der Waals surface area (Å²) in [6.45, 7) is 2.22. The maximum Gasteiger partial charge on any atom is 0.251 e. The minimum Gasteiger partial charge on any atom is -0.352 e. The third kappa shape index (κ3) is 4.34. The lowest BCUT2D eigenvalue weighted by molar-refractivity contribution is -0.120. The van der Waals surface area contributed by atoms with Crippen LogP contribution < -0.4 is 10.6 Å². The number of nitrogens with one attached hydrogen (secondary N) is 2. The van der Waals surface area contributed by atoms with E-state index in [1.165, 1.54) is 0 Å². The first-order valence-electron chi connectivity index (χ1n) is 6.87. The second-order valence-corrected chi connectivity index (χ2v) is 6.29. The van der Waals surface area contributed by atoms with E-state index in [4.69, 9.17) is 0 Å². The van der Waals surface area contributed by atoms with Crippen LogP contribution in [0.5, 0.6) is 0 Å². The third-order valence-corrected chi connectivity index (χ3v) is 4.05. The first kappa shape index (κ1) is 15.0. The van der Waals surface area contributed by atoms with Crippen molar-refractivity contribution in [2.45, 2.75) is 32.2 Å². The number of carbonyl (C=O) groups is 2. The van der Waals surface area contributed by atoms with E-state index >= 15 is 0 Å². The van der Waals surface area contributed by atoms with Crippen LogP contribution in [0.2, 0.25) is 0 Å². The van der Waals surface area contributed by atoms with Crippen LogP contribution in [0.15, 0.2) is 28.7 Å². The molecule has 20 heavy (non-hydrogen) atoms. The van der Waals surface area contributed by atoms with Gasteiger partial charge in [0, 0.05) is 16.1 Å². The number of halogens is 1. The summed E-state index contributed by atoms with van der Waals surface area (Å²) in [7, 11) is 0. The molecule has 0 spiro atoms. The molecular weight excluding hydrogens is 320 g/mol. The van der Waals surface area contributed by atoms with E-state index in [0.717, 1.165) is 23.7 Å². The molecule has 1 fully saturated rings. The Morgan fingerprint density at radius 2 is 2.15 bits per heavy atom. The van der Waals surface area contributed by atoms with Crippen molar-refractivity contribution >= 4 is 27.7 Å². The highest BCUT2D eigenvalue weighted by atomic mass is 79.9. The van der Waals surface area contributed by atoms with Gasteiger partial charge in [0.1, 0.15) is 0 Å². The smallest absolute Gasteiger partial charge is 0.251 e. The van der Waals surface area contributed by atoms with Gasteiger partial charge in [-0.2, -0.15) is 0 Å². The first-order valence-corrected chi connectivity index (χ1v) is 7.67. The summed E-state index contributed by atoms with van der Waals surface area (Å²) >= 11 is 3.32. The van der Waals surface area contributed by atoms with E-state index in [0.29, 0.717) is 11.5 Å². The molecule has 2 N–H and O–H groups in total. The molecule has 108 valence electrons. The lowest BCUT2D eigenvalue weighted by Crippen LogP contribution is -2.41. The minimum atomic E-state index is -0.235. The largest absolute Gasteiger partial charge is 0.352 e. The van der Waals surface area contributed by atoms with Crippen molar-refractivity contribution in [3.8, 4) is 0 Å². The highest BCUT2D eigenvalue weighted by Gasteiger charge is 2.22. The maximum atomic E-state index is 11.9. The van der Waals surface area contributed by atoms with Crippen molar-refractivity contribution in [2.24, 2.45) is 5.92 Å². The molecule has 5 heteroatoms. The second kappa shape index (κ2) is 6.88. The molecule has 1 aromatic rings. The number of rotatable bonds is 4. The van der Waals surface area contributed by atoms with Crippen LogP contribution in [0, 0.1) is 5.92 Å². The van der Waals surface area contributed by atoms with Crippen LogP contribution in [0.1, 0.15) is 36.5 Å². The zero-order valence-electron chi connectivity index (χ0n) is 11.5. The quantitative estimate of drug-likeness (QED) is 0.885. The summed E-state index contributed by atoms with van der Waals surface area (Å²) in [5.74, 6) is 0.324. The van der Waals surface area contributed by atoms with Gasteiger partial charge in [-0.05, 0) is 43.4 Å². The molecule has 0 bridgehead atoms. The molecule has 0 aliphatic heterocycles. The van der Waals surface area contributed by atoms with Crippen molar-refractivity contribution < 1.29 is 9.59 Å². The molecule has 0 aromatic heterocycles. The minimum absolute atomic E-state index is 0.0240. The Bertz CT molecular complexity index is 504. The van der Waals surface area contributed by atoms with E-state index in [9.17, 15) is 9.59 Å².